The summed E-state index contributed by atoms with van der Waals surface area (Å²) in [5.41, 5.74) is -0.296. The van der Waals surface area contributed by atoms with E-state index in [0.717, 1.165) is 0 Å². The lowest BCUT2D eigenvalue weighted by atomic mass is 9.63. The molecule has 124 valence electrons. The van der Waals surface area contributed by atoms with Crippen molar-refractivity contribution in [1.82, 2.24) is 0 Å². The van der Waals surface area contributed by atoms with Crippen molar-refractivity contribution >= 4 is 35.5 Å². The van der Waals surface area contributed by atoms with Gasteiger partial charge in [0.2, 0.25) is 0 Å². The molecule has 0 amide bonds. The molecule has 2 atom stereocenters. The van der Waals surface area contributed by atoms with Crippen LogP contribution in [0.4, 0.5) is 0 Å². The minimum Gasteiger partial charge on any atom is -0.465 e. The van der Waals surface area contributed by atoms with Gasteiger partial charge in [-0.1, -0.05) is 41.9 Å². The number of allylic oxidation sites excluding steroid dienone is 3. The smallest absolute Gasteiger partial charge is 0.327 e. The fourth-order valence-electron chi connectivity index (χ4n) is 2.99. The largest absolute Gasteiger partial charge is 0.465 e. The van der Waals surface area contributed by atoms with E-state index in [1.54, 1.807) is 25.1 Å². The van der Waals surface area contributed by atoms with Crippen molar-refractivity contribution in [2.24, 2.45) is 5.41 Å². The molecule has 0 saturated heterocycles. The summed E-state index contributed by atoms with van der Waals surface area (Å²) in [6.45, 7) is 5.71. The highest BCUT2D eigenvalue weighted by Gasteiger charge is 2.52. The van der Waals surface area contributed by atoms with Gasteiger partial charge >= 0.3 is 5.97 Å². The van der Waals surface area contributed by atoms with E-state index >= 15 is 0 Å². The highest BCUT2D eigenvalue weighted by molar-refractivity contribution is 6.35. The Bertz CT molecular complexity index is 779. The number of nitriles is 1. The zero-order valence-corrected chi connectivity index (χ0v) is 14.5. The first-order valence-corrected chi connectivity index (χ1v) is 8.03. The number of halogens is 2. The maximum Gasteiger partial charge on any atom is 0.327 e. The Labute approximate surface area is 150 Å². The lowest BCUT2D eigenvalue weighted by Gasteiger charge is -2.37. The number of aldehydes is 1. The summed E-state index contributed by atoms with van der Waals surface area (Å²) < 4.78 is 5.12. The Hall–Kier alpha value is -2.09. The van der Waals surface area contributed by atoms with Crippen molar-refractivity contribution in [3.8, 4) is 6.07 Å². The Morgan fingerprint density at radius 1 is 1.54 bits per heavy atom. The first kappa shape index (κ1) is 18.3. The van der Waals surface area contributed by atoms with E-state index in [9.17, 15) is 14.9 Å². The SMILES string of the molecule is C=C1C=C(C=O)C[C@](C#N)(C(=O)OCC)[C@H]1c1ccc(Cl)cc1Cl. The summed E-state index contributed by atoms with van der Waals surface area (Å²) in [5.74, 6) is -1.42. The lowest BCUT2D eigenvalue weighted by molar-refractivity contribution is -0.152. The van der Waals surface area contributed by atoms with Crippen LogP contribution in [0.15, 0.2) is 42.0 Å². The average molecular weight is 364 g/mol. The van der Waals surface area contributed by atoms with Crippen molar-refractivity contribution in [3.05, 3.63) is 57.6 Å². The van der Waals surface area contributed by atoms with Gasteiger partial charge in [0.15, 0.2) is 5.41 Å². The number of carbonyl (C=O) groups is 2. The quantitative estimate of drug-likeness (QED) is 0.592. The highest BCUT2D eigenvalue weighted by Crippen LogP contribution is 2.51. The predicted octanol–water partition coefficient (Wildman–Crippen LogP) is 4.24. The third kappa shape index (κ3) is 3.10. The van der Waals surface area contributed by atoms with Crippen LogP contribution in [0.1, 0.15) is 24.8 Å². The third-order valence-corrected chi connectivity index (χ3v) is 4.54. The summed E-state index contributed by atoms with van der Waals surface area (Å²) in [6, 6.07) is 6.89. The van der Waals surface area contributed by atoms with E-state index in [2.05, 4.69) is 12.6 Å². The van der Waals surface area contributed by atoms with Gasteiger partial charge in [-0.2, -0.15) is 5.26 Å². The standard InChI is InChI=1S/C18H15Cl2NO3/c1-3-24-17(23)18(10-21)8-12(9-22)6-11(2)16(18)14-5-4-13(19)7-15(14)20/h4-7,9,16H,2-3,8H2,1H3/t16-,18-/m1/s1. The molecule has 24 heavy (non-hydrogen) atoms. The summed E-state index contributed by atoms with van der Waals surface area (Å²) >= 11 is 12.2. The molecule has 1 aromatic rings. The Morgan fingerprint density at radius 2 is 2.25 bits per heavy atom. The molecule has 0 N–H and O–H groups in total. The molecule has 0 spiro atoms. The van der Waals surface area contributed by atoms with Crippen molar-refractivity contribution in [2.75, 3.05) is 6.61 Å². The zero-order chi connectivity index (χ0) is 17.9. The second-order valence-corrected chi connectivity index (χ2v) is 6.33. The fraction of sp³-hybridized carbons (Fsp3) is 0.278. The number of esters is 1. The number of nitrogens with zero attached hydrogens (tertiary/aromatic N) is 1. The number of benzene rings is 1. The Balaban J connectivity index is 2.69. The predicted molar refractivity (Wildman–Crippen MR) is 91.8 cm³/mol. The number of ether oxygens (including phenoxy) is 1. The van der Waals surface area contributed by atoms with Crippen LogP contribution < -0.4 is 0 Å². The molecule has 0 radical (unpaired) electrons. The van der Waals surface area contributed by atoms with Crippen LogP contribution in [0.2, 0.25) is 10.0 Å². The van der Waals surface area contributed by atoms with E-state index in [4.69, 9.17) is 27.9 Å². The second-order valence-electron chi connectivity index (χ2n) is 5.49. The summed E-state index contributed by atoms with van der Waals surface area (Å²) in [4.78, 5) is 23.9. The van der Waals surface area contributed by atoms with E-state index in [1.165, 1.54) is 6.07 Å². The monoisotopic (exact) mass is 363 g/mol. The first-order chi connectivity index (χ1) is 11.4. The van der Waals surface area contributed by atoms with E-state index in [1.807, 2.05) is 0 Å². The molecule has 0 heterocycles. The molecule has 0 unspecified atom stereocenters. The van der Waals surface area contributed by atoms with E-state index in [0.29, 0.717) is 33.0 Å². The number of rotatable bonds is 4. The van der Waals surface area contributed by atoms with Gasteiger partial charge < -0.3 is 4.74 Å². The molecule has 0 aromatic heterocycles. The van der Waals surface area contributed by atoms with Gasteiger partial charge in [-0.25, -0.2) is 0 Å². The fourth-order valence-corrected chi connectivity index (χ4v) is 3.51. The minimum atomic E-state index is -1.60. The van der Waals surface area contributed by atoms with Gasteiger partial charge in [-0.05, 0) is 35.8 Å². The topological polar surface area (TPSA) is 67.2 Å². The Kier molecular flexibility index (Phi) is 5.48. The third-order valence-electron chi connectivity index (χ3n) is 3.98. The van der Waals surface area contributed by atoms with Crippen LogP contribution in [0, 0.1) is 16.7 Å². The van der Waals surface area contributed by atoms with Gasteiger partial charge in [-0.3, -0.25) is 9.59 Å². The van der Waals surface area contributed by atoms with Crippen molar-refractivity contribution < 1.29 is 14.3 Å². The van der Waals surface area contributed by atoms with Crippen LogP contribution in [-0.4, -0.2) is 18.9 Å². The average Bonchev–Trinajstić information content (AvgIpc) is 2.55. The summed E-state index contributed by atoms with van der Waals surface area (Å²) in [6.07, 6.45) is 2.14. The Morgan fingerprint density at radius 3 is 2.79 bits per heavy atom. The van der Waals surface area contributed by atoms with Crippen LogP contribution in [0.25, 0.3) is 0 Å². The zero-order valence-electron chi connectivity index (χ0n) is 13.0. The minimum absolute atomic E-state index is 0.0610. The highest BCUT2D eigenvalue weighted by atomic mass is 35.5. The first-order valence-electron chi connectivity index (χ1n) is 7.27. The van der Waals surface area contributed by atoms with Gasteiger partial charge in [0.05, 0.1) is 12.7 Å². The maximum atomic E-state index is 12.6. The van der Waals surface area contributed by atoms with Gasteiger partial charge in [0, 0.05) is 22.4 Å². The summed E-state index contributed by atoms with van der Waals surface area (Å²) in [5, 5.41) is 10.6. The van der Waals surface area contributed by atoms with Crippen molar-refractivity contribution in [2.45, 2.75) is 19.3 Å². The van der Waals surface area contributed by atoms with Crippen LogP contribution in [0.5, 0.6) is 0 Å². The number of hydrogen-bond donors (Lipinski definition) is 0. The van der Waals surface area contributed by atoms with Crippen LogP contribution in [-0.2, 0) is 14.3 Å². The molecule has 2 rings (SSSR count). The van der Waals surface area contributed by atoms with Gasteiger partial charge in [-0.15, -0.1) is 0 Å². The van der Waals surface area contributed by atoms with E-state index in [-0.39, 0.29) is 13.0 Å². The molecule has 0 bridgehead atoms. The lowest BCUT2D eigenvalue weighted by Crippen LogP contribution is -2.41. The molecule has 0 aliphatic heterocycles. The molecule has 6 heteroatoms. The number of carbonyl (C=O) groups excluding carboxylic acids is 2. The molecular weight excluding hydrogens is 349 g/mol. The molecule has 4 nitrogen and oxygen atoms in total. The molecule has 1 aliphatic carbocycles. The maximum absolute atomic E-state index is 12.6. The molecule has 0 saturated carbocycles. The summed E-state index contributed by atoms with van der Waals surface area (Å²) in [7, 11) is 0. The molecule has 0 fully saturated rings. The van der Waals surface area contributed by atoms with Crippen molar-refractivity contribution in [1.29, 1.82) is 5.26 Å². The van der Waals surface area contributed by atoms with Gasteiger partial charge in [0.1, 0.15) is 6.29 Å². The van der Waals surface area contributed by atoms with Crippen molar-refractivity contribution in [3.63, 3.8) is 0 Å². The second kappa shape index (κ2) is 7.21. The van der Waals surface area contributed by atoms with Crippen LogP contribution in [0.3, 0.4) is 0 Å². The molecule has 1 aliphatic rings. The molecular formula is C18H15Cl2NO3. The van der Waals surface area contributed by atoms with Crippen LogP contribution >= 0.6 is 23.2 Å². The van der Waals surface area contributed by atoms with E-state index < -0.39 is 17.3 Å². The molecule has 1 aromatic carbocycles. The normalized spacial score (nSPS) is 23.2. The number of hydrogen-bond acceptors (Lipinski definition) is 4. The van der Waals surface area contributed by atoms with Gasteiger partial charge in [0.25, 0.3) is 0 Å².